The first-order valence-corrected chi connectivity index (χ1v) is 9.47. The number of hydrogen-bond acceptors (Lipinski definition) is 5. The van der Waals surface area contributed by atoms with Gasteiger partial charge in [-0.2, -0.15) is 0 Å². The third-order valence-electron chi connectivity index (χ3n) is 4.05. The number of hydrogen-bond donors (Lipinski definition) is 3. The van der Waals surface area contributed by atoms with E-state index in [1.54, 1.807) is 0 Å². The minimum atomic E-state index is -5.67. The van der Waals surface area contributed by atoms with Crippen LogP contribution in [0.5, 0.6) is 0 Å². The van der Waals surface area contributed by atoms with Crippen LogP contribution in [0.25, 0.3) is 0 Å². The first-order chi connectivity index (χ1) is 8.52. The molecule has 3 N–H and O–H groups in total. The number of rotatable bonds is 4. The van der Waals surface area contributed by atoms with Crippen LogP contribution in [0.4, 0.5) is 0 Å². The van der Waals surface area contributed by atoms with E-state index in [9.17, 15) is 24.0 Å². The van der Waals surface area contributed by atoms with E-state index >= 15 is 0 Å². The Hall–Kier alpha value is 2.26. The summed E-state index contributed by atoms with van der Waals surface area (Å²) in [6.07, 6.45) is 4.64. The van der Waals surface area contributed by atoms with Crippen molar-refractivity contribution in [1.29, 1.82) is 0 Å². The predicted molar refractivity (Wildman–Crippen MR) is 65.0 cm³/mol. The zero-order valence-corrected chi connectivity index (χ0v) is 18.6. The molecule has 0 aromatic rings. The molecular formula is C10H20Na2O7P2. The molecule has 0 aromatic heterocycles. The minimum Gasteiger partial charge on any atom is -0.776 e. The monoisotopic (exact) mass is 360 g/mol. The first-order valence-electron chi connectivity index (χ1n) is 6.32. The van der Waals surface area contributed by atoms with Crippen LogP contribution < -0.4 is 68.9 Å². The van der Waals surface area contributed by atoms with Crippen molar-refractivity contribution >= 4 is 15.2 Å². The molecule has 0 heterocycles. The second-order valence-corrected chi connectivity index (χ2v) is 9.07. The fraction of sp³-hybridized carbons (Fsp3) is 1.00. The fourth-order valence-corrected chi connectivity index (χ4v) is 5.53. The standard InChI is InChI=1S/C10H22O7P2.2Na/c1-8(9-6-4-2-3-5-7-9)10(11,18(12,13)14)19(15,16)17;;/h8-9,11H,2-7H2,1H3,(H2,12,13,14)(H2,15,16,17);;/q;2*+1/p-2. The van der Waals surface area contributed by atoms with Gasteiger partial charge in [-0.15, -0.1) is 0 Å². The molecule has 1 saturated carbocycles. The van der Waals surface area contributed by atoms with Gasteiger partial charge < -0.3 is 33.8 Å². The van der Waals surface area contributed by atoms with Gasteiger partial charge in [-0.05, 0) is 5.92 Å². The molecule has 0 spiro atoms. The Labute approximate surface area is 169 Å². The SMILES string of the molecule is CC(C1CCCCCC1)C(O)(P(=O)([O-])O)P(=O)([O-])O.[Na+].[Na+]. The average molecular weight is 360 g/mol. The van der Waals surface area contributed by atoms with Gasteiger partial charge in [0.1, 0.15) is 0 Å². The van der Waals surface area contributed by atoms with E-state index in [-0.39, 0.29) is 65.0 Å². The van der Waals surface area contributed by atoms with Crippen molar-refractivity contribution in [2.24, 2.45) is 11.8 Å². The van der Waals surface area contributed by atoms with Crippen LogP contribution in [0.2, 0.25) is 0 Å². The van der Waals surface area contributed by atoms with Crippen LogP contribution >= 0.6 is 15.2 Å². The minimum absolute atomic E-state index is 0. The van der Waals surface area contributed by atoms with E-state index in [4.69, 9.17) is 9.79 Å². The predicted octanol–water partition coefficient (Wildman–Crippen LogP) is -5.66. The van der Waals surface area contributed by atoms with Gasteiger partial charge in [-0.3, -0.25) is 0 Å². The summed E-state index contributed by atoms with van der Waals surface area (Å²) in [5.74, 6) is -1.66. The maximum absolute atomic E-state index is 11.3. The van der Waals surface area contributed by atoms with Gasteiger partial charge in [-0.25, -0.2) is 0 Å². The van der Waals surface area contributed by atoms with E-state index in [2.05, 4.69) is 0 Å². The van der Waals surface area contributed by atoms with Gasteiger partial charge >= 0.3 is 59.1 Å². The molecule has 1 aliphatic rings. The Kier molecular flexibility index (Phi) is 11.7. The van der Waals surface area contributed by atoms with E-state index < -0.39 is 26.2 Å². The summed E-state index contributed by atoms with van der Waals surface area (Å²) < 4.78 is 22.5. The largest absolute Gasteiger partial charge is 1.00 e. The molecule has 0 aliphatic heterocycles. The summed E-state index contributed by atoms with van der Waals surface area (Å²) in [5.41, 5.74) is 0. The molecule has 21 heavy (non-hydrogen) atoms. The van der Waals surface area contributed by atoms with Gasteiger partial charge in [0.25, 0.3) is 0 Å². The van der Waals surface area contributed by atoms with Gasteiger partial charge in [0.2, 0.25) is 0 Å². The summed E-state index contributed by atoms with van der Waals surface area (Å²) >= 11 is 0. The molecule has 1 rings (SSSR count). The summed E-state index contributed by atoms with van der Waals surface area (Å²) in [7, 11) is -11.3. The van der Waals surface area contributed by atoms with E-state index in [0.717, 1.165) is 25.7 Å². The zero-order valence-electron chi connectivity index (χ0n) is 12.8. The molecular weight excluding hydrogens is 340 g/mol. The first kappa shape index (κ1) is 25.5. The normalized spacial score (nSPS) is 26.8. The summed E-state index contributed by atoms with van der Waals surface area (Å²) in [5, 5.41) is 6.44. The van der Waals surface area contributed by atoms with Crippen LogP contribution in [-0.4, -0.2) is 20.0 Å². The Morgan fingerprint density at radius 2 is 1.33 bits per heavy atom. The second kappa shape index (κ2) is 9.67. The van der Waals surface area contributed by atoms with Crippen LogP contribution in [-0.2, 0) is 9.13 Å². The fourth-order valence-electron chi connectivity index (χ4n) is 2.80. The van der Waals surface area contributed by atoms with Crippen molar-refractivity contribution in [3.63, 3.8) is 0 Å². The maximum Gasteiger partial charge on any atom is 1.00 e. The van der Waals surface area contributed by atoms with E-state index in [1.165, 1.54) is 6.92 Å². The molecule has 0 bridgehead atoms. The summed E-state index contributed by atoms with van der Waals surface area (Å²) in [6, 6.07) is 0. The van der Waals surface area contributed by atoms with Crippen LogP contribution in [0.3, 0.4) is 0 Å². The molecule has 1 fully saturated rings. The molecule has 11 heteroatoms. The van der Waals surface area contributed by atoms with Crippen molar-refractivity contribution in [2.45, 2.75) is 50.5 Å². The van der Waals surface area contributed by atoms with Gasteiger partial charge in [0.05, 0.1) is 0 Å². The molecule has 0 saturated heterocycles. The summed E-state index contributed by atoms with van der Waals surface area (Å²) in [4.78, 5) is 40.7. The summed E-state index contributed by atoms with van der Waals surface area (Å²) in [6.45, 7) is 1.23. The quantitative estimate of drug-likeness (QED) is 0.258. The molecule has 0 aromatic carbocycles. The topological polar surface area (TPSA) is 141 Å². The van der Waals surface area contributed by atoms with Crippen LogP contribution in [0.15, 0.2) is 0 Å². The molecule has 0 amide bonds. The van der Waals surface area contributed by atoms with Gasteiger partial charge in [0.15, 0.2) is 20.3 Å². The molecule has 0 radical (unpaired) electrons. The Balaban J connectivity index is 0. The molecule has 7 nitrogen and oxygen atoms in total. The Bertz CT molecular complexity index is 378. The third-order valence-corrected chi connectivity index (χ3v) is 8.04. The average Bonchev–Trinajstić information content (AvgIpc) is 2.52. The van der Waals surface area contributed by atoms with Crippen LogP contribution in [0, 0.1) is 11.8 Å². The zero-order chi connectivity index (χ0) is 14.9. The van der Waals surface area contributed by atoms with Gasteiger partial charge in [0, 0.05) is 5.92 Å². The molecule has 3 unspecified atom stereocenters. The van der Waals surface area contributed by atoms with Crippen molar-refractivity contribution in [3.8, 4) is 0 Å². The van der Waals surface area contributed by atoms with Crippen molar-refractivity contribution in [2.75, 3.05) is 0 Å². The van der Waals surface area contributed by atoms with E-state index in [0.29, 0.717) is 12.8 Å². The Morgan fingerprint density at radius 1 is 1.00 bits per heavy atom. The second-order valence-electron chi connectivity index (χ2n) is 5.27. The molecule has 114 valence electrons. The maximum atomic E-state index is 11.3. The van der Waals surface area contributed by atoms with Gasteiger partial charge in [-0.1, -0.05) is 45.4 Å². The smallest absolute Gasteiger partial charge is 0.776 e. The van der Waals surface area contributed by atoms with Crippen LogP contribution in [0.1, 0.15) is 45.4 Å². The van der Waals surface area contributed by atoms with Crippen molar-refractivity contribution in [3.05, 3.63) is 0 Å². The number of aliphatic hydroxyl groups is 1. The third kappa shape index (κ3) is 5.93. The van der Waals surface area contributed by atoms with E-state index in [1.807, 2.05) is 0 Å². The van der Waals surface area contributed by atoms with Crippen molar-refractivity contribution in [1.82, 2.24) is 0 Å². The van der Waals surface area contributed by atoms with Crippen molar-refractivity contribution < 1.29 is 92.9 Å². The molecule has 3 atom stereocenters. The molecule has 1 aliphatic carbocycles. The Morgan fingerprint density at radius 3 is 1.62 bits per heavy atom.